The van der Waals surface area contributed by atoms with Gasteiger partial charge in [-0.25, -0.2) is 25.9 Å². The van der Waals surface area contributed by atoms with Crippen molar-refractivity contribution in [2.45, 2.75) is 13.5 Å². The monoisotopic (exact) mass is 407 g/mol. The average Bonchev–Trinajstić information content (AvgIpc) is 2.78. The summed E-state index contributed by atoms with van der Waals surface area (Å²) in [7, 11) is 3.08. The first-order valence-electron chi connectivity index (χ1n) is 9.15. The van der Waals surface area contributed by atoms with Crippen LogP contribution >= 0.6 is 0 Å². The van der Waals surface area contributed by atoms with Crippen LogP contribution in [0.4, 0.5) is 10.5 Å². The fourth-order valence-electron chi connectivity index (χ4n) is 2.74. The number of nitrogens with one attached hydrogen (secondary N) is 1. The minimum absolute atomic E-state index is 0.213. The minimum atomic E-state index is -0.451. The molecule has 30 heavy (non-hydrogen) atoms. The van der Waals surface area contributed by atoms with Gasteiger partial charge in [0.15, 0.2) is 0 Å². The first kappa shape index (κ1) is 20.7. The molecular weight excluding hydrogens is 384 g/mol. The van der Waals surface area contributed by atoms with E-state index in [2.05, 4.69) is 20.5 Å². The number of aryl methyl sites for hydroxylation is 1. The highest BCUT2D eigenvalue weighted by atomic mass is 16.5. The zero-order valence-corrected chi connectivity index (χ0v) is 17.0. The number of methoxy groups -OCH3 is 1. The standard InChI is InChI=1S/C21H22N6O3/c1-14-5-4-6-18(25-21(28)27(2)26-22)17(14)12-30-20-11-19(23-13-24-20)15-7-9-16(29-3)10-8-15/h4-11,13,22H,12H2,1-3H3,(H,25,28)/p+1. The lowest BCUT2D eigenvalue weighted by Gasteiger charge is -2.12. The number of nitrogens with two attached hydrogens (primary N) is 1. The van der Waals surface area contributed by atoms with Gasteiger partial charge in [-0.3, -0.25) is 0 Å². The van der Waals surface area contributed by atoms with Gasteiger partial charge in [0, 0.05) is 22.4 Å². The Morgan fingerprint density at radius 2 is 1.97 bits per heavy atom. The first-order valence-corrected chi connectivity index (χ1v) is 9.15. The van der Waals surface area contributed by atoms with Crippen LogP contribution in [0.2, 0.25) is 0 Å². The summed E-state index contributed by atoms with van der Waals surface area (Å²) in [5.74, 6) is 6.34. The molecule has 0 aliphatic carbocycles. The number of ether oxygens (including phenoxy) is 2. The Kier molecular flexibility index (Phi) is 6.53. The van der Waals surface area contributed by atoms with E-state index in [9.17, 15) is 4.79 Å². The summed E-state index contributed by atoms with van der Waals surface area (Å²) >= 11 is 0. The maximum atomic E-state index is 12.1. The summed E-state index contributed by atoms with van der Waals surface area (Å²) in [6.07, 6.45) is 1.45. The molecule has 0 spiro atoms. The molecule has 0 saturated heterocycles. The number of carbonyl (C=O) groups excluding carboxylic acids is 1. The number of benzene rings is 2. The molecule has 0 bridgehead atoms. The Balaban J connectivity index is 1.78. The van der Waals surface area contributed by atoms with Crippen molar-refractivity contribution in [1.29, 1.82) is 0 Å². The van der Waals surface area contributed by atoms with Crippen molar-refractivity contribution in [3.8, 4) is 22.9 Å². The molecular formula is C21H23N6O3+. The van der Waals surface area contributed by atoms with Gasteiger partial charge in [-0.05, 0) is 42.8 Å². The quantitative estimate of drug-likeness (QED) is 0.280. The van der Waals surface area contributed by atoms with E-state index >= 15 is 0 Å². The Hall–Kier alpha value is -4.01. The molecule has 0 aliphatic heterocycles. The molecule has 3 rings (SSSR count). The number of rotatable bonds is 6. The van der Waals surface area contributed by atoms with E-state index in [-0.39, 0.29) is 6.61 Å². The molecule has 3 N–H and O–H groups in total. The number of hydrogen-bond acceptors (Lipinski definition) is 6. The summed E-state index contributed by atoms with van der Waals surface area (Å²) in [6, 6.07) is 14.5. The summed E-state index contributed by atoms with van der Waals surface area (Å²) in [6.45, 7) is 2.15. The number of nitrogens with zero attached hydrogens (tertiary/aromatic N) is 4. The number of amides is 2. The second kappa shape index (κ2) is 9.46. The number of carbonyl (C=O) groups is 1. The van der Waals surface area contributed by atoms with Gasteiger partial charge in [0.05, 0.1) is 19.9 Å². The zero-order chi connectivity index (χ0) is 21.5. The minimum Gasteiger partial charge on any atom is -0.497 e. The van der Waals surface area contributed by atoms with Gasteiger partial charge in [-0.1, -0.05) is 12.1 Å². The Morgan fingerprint density at radius 3 is 2.67 bits per heavy atom. The number of aromatic nitrogens is 2. The average molecular weight is 407 g/mol. The normalized spacial score (nSPS) is 11.1. The van der Waals surface area contributed by atoms with E-state index in [0.717, 1.165) is 32.8 Å². The van der Waals surface area contributed by atoms with Crippen molar-refractivity contribution < 1.29 is 19.0 Å². The largest absolute Gasteiger partial charge is 0.497 e. The van der Waals surface area contributed by atoms with Crippen LogP contribution in [0.1, 0.15) is 11.1 Å². The van der Waals surface area contributed by atoms with E-state index in [0.29, 0.717) is 11.6 Å². The number of anilines is 1. The van der Waals surface area contributed by atoms with Gasteiger partial charge in [0.2, 0.25) is 5.88 Å². The Bertz CT molecular complexity index is 1070. The predicted octanol–water partition coefficient (Wildman–Crippen LogP) is 3.54. The molecule has 2 aromatic carbocycles. The smallest absolute Gasteiger partial charge is 0.459 e. The molecule has 3 aromatic rings. The van der Waals surface area contributed by atoms with Crippen LogP contribution in [-0.4, -0.2) is 34.9 Å². The SMILES string of the molecule is COc1ccc(-c2cc(OCc3c(C)cccc3NC(=O)/[N+](C)=N\N)ncn2)cc1. The topological polar surface area (TPSA) is 115 Å². The summed E-state index contributed by atoms with van der Waals surface area (Å²) in [4.78, 5) is 20.6. The van der Waals surface area contributed by atoms with Gasteiger partial charge in [0.25, 0.3) is 0 Å². The Labute approximate surface area is 174 Å². The summed E-state index contributed by atoms with van der Waals surface area (Å²) in [5.41, 5.74) is 4.04. The molecule has 0 unspecified atom stereocenters. The van der Waals surface area contributed by atoms with Gasteiger partial charge < -0.3 is 9.47 Å². The fourth-order valence-corrected chi connectivity index (χ4v) is 2.74. The van der Waals surface area contributed by atoms with Crippen LogP contribution in [0.5, 0.6) is 11.6 Å². The molecule has 1 aromatic heterocycles. The van der Waals surface area contributed by atoms with Crippen LogP contribution in [0.3, 0.4) is 0 Å². The van der Waals surface area contributed by atoms with Crippen molar-refractivity contribution in [2.75, 3.05) is 19.5 Å². The van der Waals surface area contributed by atoms with Crippen molar-refractivity contribution in [3.05, 3.63) is 66.0 Å². The van der Waals surface area contributed by atoms with Crippen LogP contribution in [0.15, 0.2) is 60.1 Å². The Morgan fingerprint density at radius 1 is 1.20 bits per heavy atom. The molecule has 154 valence electrons. The van der Waals surface area contributed by atoms with Gasteiger partial charge in [-0.15, -0.1) is 4.70 Å². The molecule has 0 atom stereocenters. The van der Waals surface area contributed by atoms with Crippen molar-refractivity contribution in [2.24, 2.45) is 11.1 Å². The van der Waals surface area contributed by atoms with Crippen LogP contribution in [-0.2, 0) is 6.61 Å². The molecule has 9 heteroatoms. The molecule has 0 aliphatic rings. The van der Waals surface area contributed by atoms with Crippen molar-refractivity contribution in [1.82, 2.24) is 9.97 Å². The van der Waals surface area contributed by atoms with E-state index < -0.39 is 6.03 Å². The lowest BCUT2D eigenvalue weighted by molar-refractivity contribution is -0.466. The van der Waals surface area contributed by atoms with Gasteiger partial charge >= 0.3 is 6.03 Å². The van der Waals surface area contributed by atoms with Crippen LogP contribution in [0.25, 0.3) is 11.3 Å². The number of hydrogen-bond donors (Lipinski definition) is 2. The van der Waals surface area contributed by atoms with E-state index in [1.807, 2.05) is 43.3 Å². The van der Waals surface area contributed by atoms with Crippen LogP contribution in [0, 0.1) is 6.92 Å². The molecule has 0 fully saturated rings. The second-order valence-corrected chi connectivity index (χ2v) is 6.43. The highest BCUT2D eigenvalue weighted by Gasteiger charge is 2.16. The zero-order valence-electron chi connectivity index (χ0n) is 17.0. The first-order chi connectivity index (χ1) is 14.5. The third-order valence-corrected chi connectivity index (χ3v) is 4.51. The molecule has 2 amide bonds. The molecule has 9 nitrogen and oxygen atoms in total. The van der Waals surface area contributed by atoms with E-state index in [4.69, 9.17) is 15.3 Å². The maximum Gasteiger partial charge on any atom is 0.459 e. The summed E-state index contributed by atoms with van der Waals surface area (Å²) < 4.78 is 12.1. The fraction of sp³-hybridized carbons (Fsp3) is 0.190. The lowest BCUT2D eigenvalue weighted by atomic mass is 10.1. The third kappa shape index (κ3) is 4.88. The van der Waals surface area contributed by atoms with Crippen molar-refractivity contribution in [3.63, 3.8) is 0 Å². The highest BCUT2D eigenvalue weighted by molar-refractivity contribution is 5.84. The third-order valence-electron chi connectivity index (χ3n) is 4.51. The van der Waals surface area contributed by atoms with Gasteiger partial charge in [-0.2, -0.15) is 0 Å². The maximum absolute atomic E-state index is 12.1. The van der Waals surface area contributed by atoms with Gasteiger partial charge in [0.1, 0.15) is 24.4 Å². The van der Waals surface area contributed by atoms with Crippen LogP contribution < -0.4 is 20.6 Å². The summed E-state index contributed by atoms with van der Waals surface area (Å²) in [5, 5.41) is 6.12. The van der Waals surface area contributed by atoms with E-state index in [1.165, 1.54) is 13.4 Å². The molecule has 0 saturated carbocycles. The highest BCUT2D eigenvalue weighted by Crippen LogP contribution is 2.25. The van der Waals surface area contributed by atoms with Crippen molar-refractivity contribution >= 4 is 11.7 Å². The predicted molar refractivity (Wildman–Crippen MR) is 111 cm³/mol. The molecule has 1 heterocycles. The lowest BCUT2D eigenvalue weighted by Crippen LogP contribution is -2.23. The molecule has 0 radical (unpaired) electrons. The number of urea groups is 1. The second-order valence-electron chi connectivity index (χ2n) is 6.43. The van der Waals surface area contributed by atoms with E-state index in [1.54, 1.807) is 19.2 Å².